The van der Waals surface area contributed by atoms with E-state index in [1.807, 2.05) is 41.5 Å². The van der Waals surface area contributed by atoms with E-state index in [9.17, 15) is 73.8 Å². The van der Waals surface area contributed by atoms with E-state index in [1.165, 1.54) is 7.11 Å². The van der Waals surface area contributed by atoms with E-state index in [-0.39, 0.29) is 114 Å². The fraction of sp³-hybridized carbons (Fsp3) is 0.885. The number of hydrogen-bond donors (Lipinski definition) is 6. The first-order chi connectivity index (χ1) is 42.6. The van der Waals surface area contributed by atoms with Crippen molar-refractivity contribution in [3.63, 3.8) is 0 Å². The summed E-state index contributed by atoms with van der Waals surface area (Å²) in [5, 5.41) is 41.5. The largest absolute Gasteiger partial charge is 0.467 e. The minimum atomic E-state index is -2.94. The van der Waals surface area contributed by atoms with Crippen LogP contribution in [0.2, 0.25) is 0 Å². The van der Waals surface area contributed by atoms with Gasteiger partial charge in [-0.15, -0.1) is 0 Å². The van der Waals surface area contributed by atoms with Crippen molar-refractivity contribution in [3.05, 3.63) is 0 Å². The lowest BCUT2D eigenvalue weighted by molar-refractivity contribution is -0.145. The van der Waals surface area contributed by atoms with Crippen LogP contribution in [0.15, 0.2) is 0 Å². The monoisotopic (exact) mass is 1360 g/mol. The number of ketones is 2. The van der Waals surface area contributed by atoms with Gasteiger partial charge < -0.3 is 64.5 Å². The molecule has 0 unspecified atom stereocenters. The van der Waals surface area contributed by atoms with Crippen molar-refractivity contribution >= 4 is 41.9 Å². The van der Waals surface area contributed by atoms with Gasteiger partial charge in [0, 0.05) is 101 Å². The highest BCUT2D eigenvalue weighted by Crippen LogP contribution is 2.37. The lowest BCUT2D eigenvalue weighted by Gasteiger charge is -2.39. The Hall–Kier alpha value is -4.99. The van der Waals surface area contributed by atoms with Gasteiger partial charge in [0.2, 0.25) is 0 Å². The second kappa shape index (κ2) is 34.8. The number of rotatable bonds is 7. The number of Topliss-reactive ketones (excluding diaryl/α,β-unsaturated/α-hetero) is 2. The lowest BCUT2D eigenvalue weighted by atomic mass is 10.0. The highest BCUT2D eigenvalue weighted by molar-refractivity contribution is 5.95. The first-order valence-corrected chi connectivity index (χ1v) is 31.6. The molecule has 0 aromatic carbocycles. The van der Waals surface area contributed by atoms with Crippen LogP contribution in [-0.4, -0.2) is 286 Å². The number of ether oxygens (including phenoxy) is 5. The molecular formula is C61H104F8N8O16. The van der Waals surface area contributed by atoms with Crippen LogP contribution in [0.4, 0.5) is 54.3 Å². The van der Waals surface area contributed by atoms with Crippen molar-refractivity contribution in [2.45, 2.75) is 242 Å². The van der Waals surface area contributed by atoms with Gasteiger partial charge in [0.25, 0.3) is 23.7 Å². The third-order valence-corrected chi connectivity index (χ3v) is 15.5. The maximum absolute atomic E-state index is 13.5. The van der Waals surface area contributed by atoms with E-state index in [0.717, 1.165) is 35.7 Å². The molecule has 5 atom stereocenters. The van der Waals surface area contributed by atoms with Crippen LogP contribution in [-0.2, 0) is 38.1 Å². The number of carbonyl (C=O) groups is 7. The third-order valence-electron chi connectivity index (χ3n) is 15.5. The van der Waals surface area contributed by atoms with Crippen LogP contribution < -0.4 is 10.6 Å². The number of hydrogen-bond acceptors (Lipinski definition) is 20. The molecule has 8 fully saturated rings. The Labute approximate surface area is 540 Å². The summed E-state index contributed by atoms with van der Waals surface area (Å²) in [5.41, 5.74) is -2.39. The van der Waals surface area contributed by atoms with Crippen LogP contribution in [0.1, 0.15) is 154 Å². The third kappa shape index (κ3) is 29.5. The number of likely N-dealkylation sites (tertiary alicyclic amines) is 6. The number of carbonyl (C=O) groups excluding carboxylic acids is 7. The number of nitrogens with zero attached hydrogens (tertiary/aromatic N) is 6. The summed E-state index contributed by atoms with van der Waals surface area (Å²) in [6.45, 7) is 22.2. The molecule has 0 bridgehead atoms. The molecule has 32 heteroatoms. The quantitative estimate of drug-likeness (QED) is 0.0907. The summed E-state index contributed by atoms with van der Waals surface area (Å²) in [6.07, 6.45) is 0.639. The molecule has 0 radical (unpaired) electrons. The fourth-order valence-corrected chi connectivity index (χ4v) is 11.2. The Kier molecular flexibility index (Phi) is 30.8. The van der Waals surface area contributed by atoms with Crippen LogP contribution in [0.25, 0.3) is 0 Å². The predicted molar refractivity (Wildman–Crippen MR) is 323 cm³/mol. The minimum absolute atomic E-state index is 0.00802. The smallest absolute Gasteiger partial charge is 0.411 e. The Morgan fingerprint density at radius 1 is 0.495 bits per heavy atom. The minimum Gasteiger partial charge on any atom is -0.467 e. The number of aliphatic hydroxyl groups excluding tert-OH is 4. The zero-order valence-electron chi connectivity index (χ0n) is 56.3. The van der Waals surface area contributed by atoms with Gasteiger partial charge in [0.05, 0.1) is 72.3 Å². The highest BCUT2D eigenvalue weighted by atomic mass is 19.3. The molecule has 6 N–H and O–H groups in total. The number of methoxy groups -OCH3 is 1. The van der Waals surface area contributed by atoms with E-state index < -0.39 is 108 Å². The van der Waals surface area contributed by atoms with Gasteiger partial charge in [0.1, 0.15) is 34.2 Å². The number of halogens is 8. The topological polar surface area (TPSA) is 290 Å². The van der Waals surface area contributed by atoms with Crippen molar-refractivity contribution in [1.82, 2.24) is 40.0 Å². The molecule has 8 aliphatic rings. The molecule has 8 saturated heterocycles. The number of amides is 4. The standard InChI is InChI=1S/C15H26F2N2O3.C11H17NO5.C10H18F2N2O.C10H17F2NO3.C10H17NO3.C5H9F2NO/c1-14(2,3)22-13(21)18-6-4-11(5-7-18)19-10-15(16,17)8-12(19)9-20;1-11(2,3)17-10(15)12-6-7(13)5-8(12)9(14)16-4;11-10(12)5-9(6-15)14(7-10)8-1-3-13-4-2-8;1-9(2,3)16-8(15)13-6-10(11,12)4-7(13)5-14;1-10(2,3)14-9(13)11-6-4-8(12)5-7-11;6-5(7)1-4(2-9)8-3-5/h11-12,20H,4-10H2,1-3H3;8H,5-6H2,1-4H3;8-9,13,15H,1-7H2;7,14H,4-6H2,1-3H3;4-7H2,1-3H3;4,8-9H,1-3H2/t12-;8-;9-;7-;;4-/m1111.1/s1. The van der Waals surface area contributed by atoms with Crippen molar-refractivity contribution in [2.75, 3.05) is 106 Å². The zero-order valence-corrected chi connectivity index (χ0v) is 56.3. The van der Waals surface area contributed by atoms with Gasteiger partial charge >= 0.3 is 30.3 Å². The molecule has 540 valence electrons. The molecule has 8 aliphatic heterocycles. The van der Waals surface area contributed by atoms with Gasteiger partial charge in [-0.3, -0.25) is 29.2 Å². The van der Waals surface area contributed by atoms with Crippen LogP contribution in [0, 0.1) is 0 Å². The predicted octanol–water partition coefficient (Wildman–Crippen LogP) is 6.45. The molecule has 8 heterocycles. The maximum atomic E-state index is 13.5. The number of alkyl halides is 8. The van der Waals surface area contributed by atoms with Crippen LogP contribution in [0.5, 0.6) is 0 Å². The lowest BCUT2D eigenvalue weighted by Crippen LogP contribution is -2.50. The molecule has 0 saturated carbocycles. The summed E-state index contributed by atoms with van der Waals surface area (Å²) in [5.74, 6) is -11.4. The molecular weight excluding hydrogens is 1250 g/mol. The fourth-order valence-electron chi connectivity index (χ4n) is 11.2. The Bertz CT molecular complexity index is 2410. The molecule has 93 heavy (non-hydrogen) atoms. The molecule has 4 amide bonds. The van der Waals surface area contributed by atoms with Gasteiger partial charge in [-0.25, -0.2) is 59.1 Å². The SMILES string of the molecule is CC(C)(C)OC(=O)N1CC(F)(F)C[C@@H]1CO.CC(C)(C)OC(=O)N1CCC(=O)CC1.CC(C)(C)OC(=O)N1CCC(N2CC(F)(F)C[C@@H]2CO)CC1.COC(=O)[C@H]1CC(=O)CN1C(=O)OC(C)(C)C.OC[C@H]1CC(F)(F)CN1.OC[C@H]1CC(F)(F)CN1C1CCNCC1. The molecule has 8 rings (SSSR count). The van der Waals surface area contributed by atoms with Crippen LogP contribution >= 0.6 is 0 Å². The van der Waals surface area contributed by atoms with Crippen molar-refractivity contribution in [2.24, 2.45) is 0 Å². The van der Waals surface area contributed by atoms with Crippen LogP contribution in [0.3, 0.4) is 0 Å². The summed E-state index contributed by atoms with van der Waals surface area (Å²) >= 11 is 0. The summed E-state index contributed by atoms with van der Waals surface area (Å²) in [6, 6.07) is -2.73. The van der Waals surface area contributed by atoms with E-state index in [4.69, 9.17) is 34.3 Å². The van der Waals surface area contributed by atoms with Gasteiger partial charge in [-0.05, 0) is 122 Å². The Balaban J connectivity index is 0.000000296. The highest BCUT2D eigenvalue weighted by Gasteiger charge is 2.50. The molecule has 0 aliphatic carbocycles. The molecule has 0 aromatic rings. The second-order valence-electron chi connectivity index (χ2n) is 28.5. The van der Waals surface area contributed by atoms with Gasteiger partial charge in [0.15, 0.2) is 5.78 Å². The summed E-state index contributed by atoms with van der Waals surface area (Å²) in [7, 11) is 1.22. The van der Waals surface area contributed by atoms with E-state index in [1.54, 1.807) is 61.1 Å². The van der Waals surface area contributed by atoms with E-state index in [0.29, 0.717) is 51.9 Å². The average molecular weight is 1360 g/mol. The normalized spacial score (nSPS) is 25.7. The second-order valence-corrected chi connectivity index (χ2v) is 28.5. The van der Waals surface area contributed by atoms with Crippen molar-refractivity contribution in [3.8, 4) is 0 Å². The van der Waals surface area contributed by atoms with Gasteiger partial charge in [-0.1, -0.05) is 0 Å². The number of piperidine rings is 3. The average Bonchev–Trinajstić information content (AvgIpc) is 1.73. The molecule has 0 spiro atoms. The maximum Gasteiger partial charge on any atom is 0.411 e. The summed E-state index contributed by atoms with van der Waals surface area (Å²) < 4.78 is 129. The van der Waals surface area contributed by atoms with E-state index in [2.05, 4.69) is 15.4 Å². The number of nitrogens with one attached hydrogen (secondary N) is 2. The van der Waals surface area contributed by atoms with Crippen molar-refractivity contribution in [1.29, 1.82) is 0 Å². The van der Waals surface area contributed by atoms with Crippen molar-refractivity contribution < 1.29 is 113 Å². The zero-order chi connectivity index (χ0) is 70.9. The first-order valence-electron chi connectivity index (χ1n) is 31.6. The number of aliphatic hydroxyl groups is 4. The molecule has 0 aromatic heterocycles. The number of esters is 1. The van der Waals surface area contributed by atoms with E-state index >= 15 is 0 Å². The molecule has 24 nitrogen and oxygen atoms in total. The summed E-state index contributed by atoms with van der Waals surface area (Å²) in [4.78, 5) is 89.3. The Morgan fingerprint density at radius 3 is 1.26 bits per heavy atom. The first kappa shape index (κ1) is 82.2. The van der Waals surface area contributed by atoms with Gasteiger partial charge in [-0.2, -0.15) is 0 Å². The Morgan fingerprint density at radius 2 is 0.882 bits per heavy atom.